The van der Waals surface area contributed by atoms with Gasteiger partial charge in [-0.25, -0.2) is 0 Å². The zero-order valence-electron chi connectivity index (χ0n) is 18.0. The Bertz CT molecular complexity index is 876. The van der Waals surface area contributed by atoms with Crippen LogP contribution in [0.15, 0.2) is 18.2 Å². The summed E-state index contributed by atoms with van der Waals surface area (Å²) in [6.07, 6.45) is 3.04. The molecule has 0 aromatic heterocycles. The van der Waals surface area contributed by atoms with E-state index in [2.05, 4.69) is 6.92 Å². The maximum absolute atomic E-state index is 13.6. The molecule has 29 heavy (non-hydrogen) atoms. The summed E-state index contributed by atoms with van der Waals surface area (Å²) in [7, 11) is 4.59. The Morgan fingerprint density at radius 3 is 2.17 bits per heavy atom. The minimum absolute atomic E-state index is 0.286. The molecule has 0 aliphatic rings. The van der Waals surface area contributed by atoms with Gasteiger partial charge in [0.1, 0.15) is 5.75 Å². The van der Waals surface area contributed by atoms with Crippen LogP contribution in [-0.4, -0.2) is 33.7 Å². The number of rotatable bonds is 10. The van der Waals surface area contributed by atoms with Gasteiger partial charge in [-0.2, -0.15) is 0 Å². The van der Waals surface area contributed by atoms with E-state index in [9.17, 15) is 4.79 Å². The van der Waals surface area contributed by atoms with E-state index < -0.39 is 0 Å². The molecule has 0 saturated heterocycles. The minimum atomic E-state index is -0.286. The van der Waals surface area contributed by atoms with E-state index in [1.807, 2.05) is 19.9 Å². The Morgan fingerprint density at radius 2 is 1.59 bits per heavy atom. The minimum Gasteiger partial charge on any atom is -0.496 e. The molecule has 0 aliphatic heterocycles. The quantitative estimate of drug-likeness (QED) is 0.360. The van der Waals surface area contributed by atoms with Crippen LogP contribution >= 0.6 is 11.6 Å². The molecule has 0 radical (unpaired) electrons. The fourth-order valence-electron chi connectivity index (χ4n) is 3.20. The zero-order chi connectivity index (χ0) is 21.6. The number of hydrogen-bond donors (Lipinski definition) is 0. The number of halogens is 1. The summed E-state index contributed by atoms with van der Waals surface area (Å²) >= 11 is 6.49. The van der Waals surface area contributed by atoms with E-state index in [0.717, 1.165) is 24.8 Å². The second kappa shape index (κ2) is 10.4. The maximum Gasteiger partial charge on any atom is 0.204 e. The number of benzene rings is 2. The summed E-state index contributed by atoms with van der Waals surface area (Å²) in [5.41, 5.74) is 2.17. The lowest BCUT2D eigenvalue weighted by molar-refractivity contribution is 0.103. The van der Waals surface area contributed by atoms with Gasteiger partial charge in [-0.05, 0) is 43.5 Å². The smallest absolute Gasteiger partial charge is 0.204 e. The average molecular weight is 421 g/mol. The third-order valence-corrected chi connectivity index (χ3v) is 5.28. The molecule has 5 nitrogen and oxygen atoms in total. The predicted molar refractivity (Wildman–Crippen MR) is 115 cm³/mol. The van der Waals surface area contributed by atoms with Crippen LogP contribution in [0.5, 0.6) is 23.0 Å². The molecule has 2 aromatic rings. The highest BCUT2D eigenvalue weighted by atomic mass is 35.5. The molecule has 2 rings (SSSR count). The zero-order valence-corrected chi connectivity index (χ0v) is 18.7. The molecular weight excluding hydrogens is 392 g/mol. The Morgan fingerprint density at radius 1 is 0.897 bits per heavy atom. The molecule has 0 bridgehead atoms. The monoisotopic (exact) mass is 420 g/mol. The highest BCUT2D eigenvalue weighted by Crippen LogP contribution is 2.44. The molecule has 0 N–H and O–H groups in total. The van der Waals surface area contributed by atoms with E-state index >= 15 is 0 Å². The van der Waals surface area contributed by atoms with Crippen LogP contribution in [0, 0.1) is 13.8 Å². The van der Waals surface area contributed by atoms with Crippen molar-refractivity contribution >= 4 is 17.4 Å². The van der Waals surface area contributed by atoms with Gasteiger partial charge in [0.15, 0.2) is 11.5 Å². The van der Waals surface area contributed by atoms with Crippen molar-refractivity contribution in [1.82, 2.24) is 0 Å². The first-order valence-electron chi connectivity index (χ1n) is 9.67. The number of ketones is 1. The van der Waals surface area contributed by atoms with Gasteiger partial charge in [0.2, 0.25) is 11.5 Å². The second-order valence-corrected chi connectivity index (χ2v) is 7.17. The second-order valence-electron chi connectivity index (χ2n) is 6.79. The fourth-order valence-corrected chi connectivity index (χ4v) is 3.44. The number of carbonyl (C=O) groups excluding carboxylic acids is 1. The molecule has 0 amide bonds. The lowest BCUT2D eigenvalue weighted by Gasteiger charge is -2.20. The normalized spacial score (nSPS) is 10.6. The van der Waals surface area contributed by atoms with Gasteiger partial charge in [0, 0.05) is 0 Å². The molecule has 0 atom stereocenters. The Kier molecular flexibility index (Phi) is 8.21. The molecule has 0 unspecified atom stereocenters. The van der Waals surface area contributed by atoms with Gasteiger partial charge in [-0.3, -0.25) is 4.79 Å². The summed E-state index contributed by atoms with van der Waals surface area (Å²) in [6.45, 7) is 6.31. The number of aryl methyl sites for hydroxylation is 2. The van der Waals surface area contributed by atoms with Crippen LogP contribution < -0.4 is 18.9 Å². The van der Waals surface area contributed by atoms with E-state index in [4.69, 9.17) is 30.5 Å². The third-order valence-electron chi connectivity index (χ3n) is 4.79. The summed E-state index contributed by atoms with van der Waals surface area (Å²) in [6, 6.07) is 5.33. The van der Waals surface area contributed by atoms with Crippen molar-refractivity contribution in [3.05, 3.63) is 45.5 Å². The van der Waals surface area contributed by atoms with Crippen molar-refractivity contribution in [2.24, 2.45) is 0 Å². The topological polar surface area (TPSA) is 54.0 Å². The van der Waals surface area contributed by atoms with Gasteiger partial charge in [0.25, 0.3) is 0 Å². The van der Waals surface area contributed by atoms with Crippen LogP contribution in [0.3, 0.4) is 0 Å². The first-order valence-corrected chi connectivity index (χ1v) is 10.0. The summed E-state index contributed by atoms with van der Waals surface area (Å²) < 4.78 is 22.5. The van der Waals surface area contributed by atoms with Crippen LogP contribution in [0.2, 0.25) is 5.02 Å². The number of methoxy groups -OCH3 is 3. The van der Waals surface area contributed by atoms with Crippen LogP contribution in [0.25, 0.3) is 0 Å². The Hall–Kier alpha value is -2.40. The number of unbranched alkanes of at least 4 members (excludes halogenated alkanes) is 2. The largest absolute Gasteiger partial charge is 0.496 e. The number of hydrogen-bond acceptors (Lipinski definition) is 5. The van der Waals surface area contributed by atoms with Crippen LogP contribution in [0.4, 0.5) is 0 Å². The molecule has 6 heteroatoms. The molecule has 0 fully saturated rings. The summed E-state index contributed by atoms with van der Waals surface area (Å²) in [4.78, 5) is 13.6. The highest BCUT2D eigenvalue weighted by molar-refractivity contribution is 6.36. The van der Waals surface area contributed by atoms with Gasteiger partial charge in [-0.1, -0.05) is 37.4 Å². The van der Waals surface area contributed by atoms with Crippen molar-refractivity contribution in [2.75, 3.05) is 27.9 Å². The Balaban J connectivity index is 2.63. The maximum atomic E-state index is 13.6. The molecule has 0 aliphatic carbocycles. The molecule has 158 valence electrons. The first-order chi connectivity index (χ1) is 13.9. The van der Waals surface area contributed by atoms with Crippen LogP contribution in [0.1, 0.15) is 53.2 Å². The average Bonchev–Trinajstić information content (AvgIpc) is 2.72. The fraction of sp³-hybridized carbons (Fsp3) is 0.435. The van der Waals surface area contributed by atoms with Crippen LogP contribution in [-0.2, 0) is 0 Å². The Labute approximate surface area is 177 Å². The third kappa shape index (κ3) is 4.78. The van der Waals surface area contributed by atoms with Crippen molar-refractivity contribution in [3.8, 4) is 23.0 Å². The van der Waals surface area contributed by atoms with E-state index in [1.54, 1.807) is 19.2 Å². The van der Waals surface area contributed by atoms with Gasteiger partial charge in [0.05, 0.1) is 44.1 Å². The van der Waals surface area contributed by atoms with Gasteiger partial charge >= 0.3 is 0 Å². The van der Waals surface area contributed by atoms with Crippen molar-refractivity contribution in [2.45, 2.75) is 40.0 Å². The lowest BCUT2D eigenvalue weighted by atomic mass is 9.95. The molecule has 0 spiro atoms. The SMILES string of the molecule is CCCCCOc1c(OC)cc(C)c(C(=O)c2c(OC)ccc(C)c2Cl)c1OC. The highest BCUT2D eigenvalue weighted by Gasteiger charge is 2.28. The standard InChI is InChI=1S/C23H29ClO5/c1-7-8-9-12-29-22-17(27-5)13-15(3)18(23(22)28-6)21(25)19-16(26-4)11-10-14(2)20(19)24/h10-11,13H,7-9,12H2,1-6H3. The predicted octanol–water partition coefficient (Wildman–Crippen LogP) is 5.78. The van der Waals surface area contributed by atoms with Gasteiger partial charge < -0.3 is 18.9 Å². The molecule has 0 saturated carbocycles. The molecule has 2 aromatic carbocycles. The lowest BCUT2D eigenvalue weighted by Crippen LogP contribution is -2.12. The van der Waals surface area contributed by atoms with E-state index in [-0.39, 0.29) is 5.78 Å². The number of ether oxygens (including phenoxy) is 4. The molecule has 0 heterocycles. The summed E-state index contributed by atoms with van der Waals surface area (Å²) in [5.74, 6) is 1.40. The van der Waals surface area contributed by atoms with E-state index in [1.165, 1.54) is 14.2 Å². The molecular formula is C23H29ClO5. The van der Waals surface area contributed by atoms with Crippen molar-refractivity contribution in [3.63, 3.8) is 0 Å². The van der Waals surface area contributed by atoms with Crippen molar-refractivity contribution < 1.29 is 23.7 Å². The first kappa shape index (κ1) is 22.9. The van der Waals surface area contributed by atoms with E-state index in [0.29, 0.717) is 51.3 Å². The number of carbonyl (C=O) groups is 1. The van der Waals surface area contributed by atoms with Gasteiger partial charge in [-0.15, -0.1) is 0 Å². The summed E-state index contributed by atoms with van der Waals surface area (Å²) in [5, 5.41) is 0.358. The van der Waals surface area contributed by atoms with Crippen molar-refractivity contribution in [1.29, 1.82) is 0 Å².